The van der Waals surface area contributed by atoms with E-state index in [9.17, 15) is 22.8 Å². The van der Waals surface area contributed by atoms with Crippen molar-refractivity contribution in [3.8, 4) is 0 Å². The minimum Gasteiger partial charge on any atom is -0.456 e. The highest BCUT2D eigenvalue weighted by Gasteiger charge is 2.38. The van der Waals surface area contributed by atoms with Gasteiger partial charge < -0.3 is 20.3 Å². The molecule has 1 heterocycles. The molecule has 0 aliphatic carbocycles. The summed E-state index contributed by atoms with van der Waals surface area (Å²) in [5.41, 5.74) is 3.76. The van der Waals surface area contributed by atoms with Crippen molar-refractivity contribution >= 4 is 44.9 Å². The maximum absolute atomic E-state index is 13.7. The predicted molar refractivity (Wildman–Crippen MR) is 166 cm³/mol. The molecule has 43 heavy (non-hydrogen) atoms. The molecule has 1 aliphatic heterocycles. The molecule has 2 amide bonds. The minimum atomic E-state index is -4.00. The zero-order valence-electron chi connectivity index (χ0n) is 24.9. The number of carbonyl (C=O) groups excluding carboxylic acids is 3. The lowest BCUT2D eigenvalue weighted by molar-refractivity contribution is -0.148. The average molecular weight is 607 g/mol. The predicted octanol–water partition coefficient (Wildman–Crippen LogP) is 4.74. The van der Waals surface area contributed by atoms with Crippen molar-refractivity contribution in [2.75, 3.05) is 35.2 Å². The molecule has 3 aromatic rings. The molecule has 1 atom stereocenters. The smallest absolute Gasteiger partial charge is 0.308 e. The van der Waals surface area contributed by atoms with Crippen LogP contribution in [0.3, 0.4) is 0 Å². The third kappa shape index (κ3) is 7.79. The van der Waals surface area contributed by atoms with Gasteiger partial charge in [-0.25, -0.2) is 8.42 Å². The maximum Gasteiger partial charge on any atom is 0.308 e. The van der Waals surface area contributed by atoms with Gasteiger partial charge >= 0.3 is 5.97 Å². The number of nitrogens with zero attached hydrogens (tertiary/aromatic N) is 2. The number of rotatable bonds is 11. The van der Waals surface area contributed by atoms with E-state index in [-0.39, 0.29) is 23.8 Å². The SMILES string of the molecule is CCN(c1ccc(NC(=O)COC(=O)CC2c3ccccc3CCN2S(=O)(=O)c2ccc(NC(C)=O)cc2)cc1)C(C)C. The van der Waals surface area contributed by atoms with Gasteiger partial charge in [0.15, 0.2) is 6.61 Å². The van der Waals surface area contributed by atoms with E-state index < -0.39 is 34.5 Å². The van der Waals surface area contributed by atoms with Gasteiger partial charge in [0, 0.05) is 43.1 Å². The Hall–Kier alpha value is -4.22. The largest absolute Gasteiger partial charge is 0.456 e. The Kier molecular flexibility index (Phi) is 10.2. The standard InChI is InChI=1S/C32H38N4O6S/c1-5-35(22(2)3)27-14-10-26(11-15-27)34-31(38)21-42-32(39)20-30-29-9-7-6-8-24(29)18-19-36(30)43(40,41)28-16-12-25(13-17-28)33-23(4)37/h6-17,22,30H,5,18-21H2,1-4H3,(H,33,37)(H,34,38). The number of ether oxygens (including phenoxy) is 1. The van der Waals surface area contributed by atoms with E-state index >= 15 is 0 Å². The monoisotopic (exact) mass is 606 g/mol. The van der Waals surface area contributed by atoms with E-state index in [2.05, 4.69) is 36.3 Å². The van der Waals surface area contributed by atoms with Crippen LogP contribution < -0.4 is 15.5 Å². The Morgan fingerprint density at radius 2 is 1.58 bits per heavy atom. The van der Waals surface area contributed by atoms with Gasteiger partial charge in [-0.3, -0.25) is 14.4 Å². The first-order valence-corrected chi connectivity index (χ1v) is 15.7. The topological polar surface area (TPSA) is 125 Å². The number of nitrogens with one attached hydrogen (secondary N) is 2. The van der Waals surface area contributed by atoms with Crippen molar-refractivity contribution in [3.05, 3.63) is 83.9 Å². The van der Waals surface area contributed by atoms with E-state index in [0.717, 1.165) is 23.4 Å². The normalized spacial score (nSPS) is 15.0. The Balaban J connectivity index is 1.43. The third-order valence-corrected chi connectivity index (χ3v) is 9.24. The number of anilines is 3. The van der Waals surface area contributed by atoms with Gasteiger partial charge in [0.2, 0.25) is 15.9 Å². The molecule has 0 radical (unpaired) electrons. The Morgan fingerprint density at radius 1 is 0.953 bits per heavy atom. The van der Waals surface area contributed by atoms with Gasteiger partial charge in [-0.2, -0.15) is 4.31 Å². The molecule has 0 saturated heterocycles. The number of hydrogen-bond donors (Lipinski definition) is 2. The molecule has 0 fully saturated rings. The molecule has 2 N–H and O–H groups in total. The number of amides is 2. The van der Waals surface area contributed by atoms with Crippen molar-refractivity contribution in [1.29, 1.82) is 0 Å². The number of sulfonamides is 1. The van der Waals surface area contributed by atoms with Crippen molar-refractivity contribution in [3.63, 3.8) is 0 Å². The maximum atomic E-state index is 13.7. The second kappa shape index (κ2) is 13.8. The van der Waals surface area contributed by atoms with Gasteiger partial charge in [-0.1, -0.05) is 24.3 Å². The first-order chi connectivity index (χ1) is 20.5. The summed E-state index contributed by atoms with van der Waals surface area (Å²) in [7, 11) is -4.00. The molecule has 1 aliphatic rings. The zero-order valence-corrected chi connectivity index (χ0v) is 25.7. The number of benzene rings is 3. The molecular formula is C32H38N4O6S. The van der Waals surface area contributed by atoms with Crippen LogP contribution in [0.5, 0.6) is 0 Å². The molecule has 0 aromatic heterocycles. The summed E-state index contributed by atoms with van der Waals surface area (Å²) in [5.74, 6) is -1.45. The van der Waals surface area contributed by atoms with E-state index in [0.29, 0.717) is 23.8 Å². The third-order valence-electron chi connectivity index (χ3n) is 7.32. The summed E-state index contributed by atoms with van der Waals surface area (Å²) >= 11 is 0. The summed E-state index contributed by atoms with van der Waals surface area (Å²) in [6, 6.07) is 20.3. The molecule has 3 aromatic carbocycles. The molecule has 0 bridgehead atoms. The van der Waals surface area contributed by atoms with Crippen molar-refractivity contribution in [2.45, 2.75) is 57.5 Å². The molecular weight excluding hydrogens is 568 g/mol. The Labute approximate surface area is 253 Å². The molecule has 0 saturated carbocycles. The molecule has 0 spiro atoms. The molecule has 4 rings (SSSR count). The number of hydrogen-bond acceptors (Lipinski definition) is 7. The molecule has 10 nitrogen and oxygen atoms in total. The van der Waals surface area contributed by atoms with Crippen LogP contribution >= 0.6 is 0 Å². The highest BCUT2D eigenvalue weighted by molar-refractivity contribution is 7.89. The van der Waals surface area contributed by atoms with Gasteiger partial charge in [0.05, 0.1) is 17.4 Å². The summed E-state index contributed by atoms with van der Waals surface area (Å²) in [6.45, 7) is 8.20. The molecule has 11 heteroatoms. The summed E-state index contributed by atoms with van der Waals surface area (Å²) < 4.78 is 34.1. The minimum absolute atomic E-state index is 0.0419. The van der Waals surface area contributed by atoms with Crippen LogP contribution in [-0.4, -0.2) is 56.2 Å². The average Bonchev–Trinajstić information content (AvgIpc) is 2.97. The van der Waals surface area contributed by atoms with Crippen LogP contribution in [0.1, 0.15) is 51.3 Å². The summed E-state index contributed by atoms with van der Waals surface area (Å²) in [6.07, 6.45) is 0.226. The van der Waals surface area contributed by atoms with Gasteiger partial charge in [0.25, 0.3) is 5.91 Å². The second-order valence-electron chi connectivity index (χ2n) is 10.6. The first-order valence-electron chi connectivity index (χ1n) is 14.3. The van der Waals surface area contributed by atoms with Gasteiger partial charge in [-0.05, 0) is 86.8 Å². The molecule has 228 valence electrons. The van der Waals surface area contributed by atoms with Crippen molar-refractivity contribution in [1.82, 2.24) is 4.31 Å². The Morgan fingerprint density at radius 3 is 2.21 bits per heavy atom. The Bertz CT molecular complexity index is 1560. The van der Waals surface area contributed by atoms with Gasteiger partial charge in [0.1, 0.15) is 0 Å². The van der Waals surface area contributed by atoms with Crippen LogP contribution in [0.15, 0.2) is 77.7 Å². The number of carbonyl (C=O) groups is 3. The summed E-state index contributed by atoms with van der Waals surface area (Å²) in [5, 5.41) is 5.35. The second-order valence-corrected chi connectivity index (χ2v) is 12.5. The van der Waals surface area contributed by atoms with Crippen LogP contribution in [0.4, 0.5) is 17.1 Å². The lowest BCUT2D eigenvalue weighted by Gasteiger charge is -2.36. The van der Waals surface area contributed by atoms with Crippen molar-refractivity contribution in [2.24, 2.45) is 0 Å². The lowest BCUT2D eigenvalue weighted by Crippen LogP contribution is -2.41. The fraction of sp³-hybridized carbons (Fsp3) is 0.344. The number of fused-ring (bicyclic) bond motifs is 1. The molecule has 1 unspecified atom stereocenters. The van der Waals surface area contributed by atoms with E-state index in [1.807, 2.05) is 30.3 Å². The van der Waals surface area contributed by atoms with Crippen LogP contribution in [-0.2, 0) is 35.6 Å². The quantitative estimate of drug-likeness (QED) is 0.302. The van der Waals surface area contributed by atoms with Gasteiger partial charge in [-0.15, -0.1) is 0 Å². The highest BCUT2D eigenvalue weighted by Crippen LogP contribution is 2.36. The van der Waals surface area contributed by atoms with Crippen LogP contribution in [0.25, 0.3) is 0 Å². The fourth-order valence-electron chi connectivity index (χ4n) is 5.32. The highest BCUT2D eigenvalue weighted by atomic mass is 32.2. The van der Waals surface area contributed by atoms with E-state index in [1.165, 1.54) is 35.5 Å². The number of esters is 1. The van der Waals surface area contributed by atoms with Crippen LogP contribution in [0, 0.1) is 0 Å². The van der Waals surface area contributed by atoms with E-state index in [1.54, 1.807) is 18.2 Å². The van der Waals surface area contributed by atoms with E-state index in [4.69, 9.17) is 4.74 Å². The van der Waals surface area contributed by atoms with Crippen LogP contribution in [0.2, 0.25) is 0 Å². The zero-order chi connectivity index (χ0) is 31.1. The first kappa shape index (κ1) is 31.7. The lowest BCUT2D eigenvalue weighted by atomic mass is 9.92. The fourth-order valence-corrected chi connectivity index (χ4v) is 6.92. The summed E-state index contributed by atoms with van der Waals surface area (Å²) in [4.78, 5) is 39.2. The van der Waals surface area contributed by atoms with Crippen molar-refractivity contribution < 1.29 is 27.5 Å².